The molecule has 0 bridgehead atoms. The van der Waals surface area contributed by atoms with E-state index in [9.17, 15) is 4.79 Å². The van der Waals surface area contributed by atoms with Crippen LogP contribution >= 0.6 is 0 Å². The van der Waals surface area contributed by atoms with Crippen LogP contribution in [0.3, 0.4) is 0 Å². The maximum atomic E-state index is 12.4. The third-order valence-electron chi connectivity index (χ3n) is 4.60. The molecule has 1 aromatic rings. The number of ether oxygens (including phenoxy) is 2. The lowest BCUT2D eigenvalue weighted by Crippen LogP contribution is -2.37. The molecule has 0 aliphatic carbocycles. The van der Waals surface area contributed by atoms with Crippen molar-refractivity contribution in [2.75, 3.05) is 40.0 Å². The number of hydrogen-bond acceptors (Lipinski definition) is 4. The van der Waals surface area contributed by atoms with Crippen molar-refractivity contribution >= 4 is 11.9 Å². The average molecular weight is 405 g/mol. The molecule has 1 atom stereocenters. The second kappa shape index (κ2) is 13.2. The molecule has 7 heteroatoms. The summed E-state index contributed by atoms with van der Waals surface area (Å²) >= 11 is 0. The van der Waals surface area contributed by atoms with Crippen LogP contribution in [0.25, 0.3) is 0 Å². The average Bonchev–Trinajstić information content (AvgIpc) is 3.24. The number of nitrogens with one attached hydrogen (secondary N) is 3. The third-order valence-corrected chi connectivity index (χ3v) is 4.60. The highest BCUT2D eigenvalue weighted by atomic mass is 16.5. The van der Waals surface area contributed by atoms with E-state index < -0.39 is 0 Å². The van der Waals surface area contributed by atoms with Gasteiger partial charge in [-0.25, -0.2) is 0 Å². The number of benzene rings is 1. The van der Waals surface area contributed by atoms with Crippen molar-refractivity contribution in [2.24, 2.45) is 10.9 Å². The summed E-state index contributed by atoms with van der Waals surface area (Å²) in [5.41, 5.74) is 1.69. The first kappa shape index (κ1) is 23.2. The van der Waals surface area contributed by atoms with Crippen molar-refractivity contribution in [3.8, 4) is 0 Å². The molecule has 1 saturated heterocycles. The molecule has 1 fully saturated rings. The fraction of sp³-hybridized carbons (Fsp3) is 0.636. The van der Waals surface area contributed by atoms with Gasteiger partial charge in [-0.15, -0.1) is 0 Å². The molecule has 0 spiro atoms. The van der Waals surface area contributed by atoms with Crippen molar-refractivity contribution < 1.29 is 14.3 Å². The van der Waals surface area contributed by atoms with E-state index >= 15 is 0 Å². The Morgan fingerprint density at radius 3 is 2.90 bits per heavy atom. The number of nitrogens with zero attached hydrogens (tertiary/aromatic N) is 1. The SMILES string of the molecule is CN=C(NCCCOCC(C)C)NCc1cccc(C(=O)NCC2CCCO2)c1. The monoisotopic (exact) mass is 404 g/mol. The van der Waals surface area contributed by atoms with E-state index in [1.807, 2.05) is 24.3 Å². The Labute approximate surface area is 174 Å². The standard InChI is InChI=1S/C22H36N4O3/c1-17(2)16-28-11-6-10-24-22(23-3)26-14-18-7-4-8-19(13-18)21(27)25-15-20-9-5-12-29-20/h4,7-8,13,17,20H,5-6,9-12,14-16H2,1-3H3,(H,25,27)(H2,23,24,26). The van der Waals surface area contributed by atoms with Gasteiger partial charge in [-0.3, -0.25) is 9.79 Å². The fourth-order valence-corrected chi connectivity index (χ4v) is 3.04. The predicted octanol–water partition coefficient (Wildman–Crippen LogP) is 2.32. The number of rotatable bonds is 11. The summed E-state index contributed by atoms with van der Waals surface area (Å²) in [6.45, 7) is 8.58. The van der Waals surface area contributed by atoms with E-state index in [0.29, 0.717) is 24.6 Å². The zero-order valence-corrected chi connectivity index (χ0v) is 18.0. The fourth-order valence-electron chi connectivity index (χ4n) is 3.04. The minimum Gasteiger partial charge on any atom is -0.381 e. The summed E-state index contributed by atoms with van der Waals surface area (Å²) in [5, 5.41) is 9.53. The highest BCUT2D eigenvalue weighted by Gasteiger charge is 2.16. The van der Waals surface area contributed by atoms with Crippen molar-refractivity contribution in [1.29, 1.82) is 0 Å². The second-order valence-corrected chi connectivity index (χ2v) is 7.72. The summed E-state index contributed by atoms with van der Waals surface area (Å²) in [6.07, 6.45) is 3.16. The van der Waals surface area contributed by atoms with Crippen LogP contribution in [0.5, 0.6) is 0 Å². The molecule has 29 heavy (non-hydrogen) atoms. The second-order valence-electron chi connectivity index (χ2n) is 7.72. The van der Waals surface area contributed by atoms with Gasteiger partial charge in [0.2, 0.25) is 0 Å². The van der Waals surface area contributed by atoms with Crippen LogP contribution in [0, 0.1) is 5.92 Å². The van der Waals surface area contributed by atoms with Crippen LogP contribution in [0.4, 0.5) is 0 Å². The third kappa shape index (κ3) is 9.28. The summed E-state index contributed by atoms with van der Waals surface area (Å²) in [7, 11) is 1.75. The van der Waals surface area contributed by atoms with Crippen LogP contribution in [-0.4, -0.2) is 57.9 Å². The first-order valence-corrected chi connectivity index (χ1v) is 10.6. The van der Waals surface area contributed by atoms with Crippen LogP contribution in [-0.2, 0) is 16.0 Å². The molecule has 162 valence electrons. The van der Waals surface area contributed by atoms with Gasteiger partial charge in [-0.1, -0.05) is 26.0 Å². The van der Waals surface area contributed by atoms with E-state index in [1.165, 1.54) is 0 Å². The van der Waals surface area contributed by atoms with E-state index in [-0.39, 0.29) is 12.0 Å². The molecule has 7 nitrogen and oxygen atoms in total. The largest absolute Gasteiger partial charge is 0.381 e. The minimum atomic E-state index is -0.0637. The Hall–Kier alpha value is -2.12. The van der Waals surface area contributed by atoms with Crippen LogP contribution in [0.15, 0.2) is 29.3 Å². The zero-order valence-electron chi connectivity index (χ0n) is 18.0. The zero-order chi connectivity index (χ0) is 20.9. The molecule has 2 rings (SSSR count). The number of carbonyl (C=O) groups excluding carboxylic acids is 1. The molecule has 0 saturated carbocycles. The van der Waals surface area contributed by atoms with Crippen LogP contribution in [0.2, 0.25) is 0 Å². The van der Waals surface area contributed by atoms with Gasteiger partial charge >= 0.3 is 0 Å². The molecule has 1 heterocycles. The van der Waals surface area contributed by atoms with Gasteiger partial charge in [0.25, 0.3) is 5.91 Å². The highest BCUT2D eigenvalue weighted by Crippen LogP contribution is 2.11. The van der Waals surface area contributed by atoms with Gasteiger partial charge in [0.05, 0.1) is 6.10 Å². The Morgan fingerprint density at radius 1 is 1.31 bits per heavy atom. The molecule has 0 aromatic heterocycles. The van der Waals surface area contributed by atoms with Gasteiger partial charge in [-0.2, -0.15) is 0 Å². The molecule has 3 N–H and O–H groups in total. The number of guanidine groups is 1. The lowest BCUT2D eigenvalue weighted by Gasteiger charge is -2.13. The molecular weight excluding hydrogens is 368 g/mol. The normalized spacial score (nSPS) is 16.8. The highest BCUT2D eigenvalue weighted by molar-refractivity contribution is 5.94. The Kier molecular flexibility index (Phi) is 10.5. The summed E-state index contributed by atoms with van der Waals surface area (Å²) < 4.78 is 11.1. The predicted molar refractivity (Wildman–Crippen MR) is 116 cm³/mol. The maximum absolute atomic E-state index is 12.4. The number of hydrogen-bond donors (Lipinski definition) is 3. The number of aliphatic imine (C=N–C) groups is 1. The van der Waals surface area contributed by atoms with Gasteiger partial charge in [-0.05, 0) is 42.9 Å². The van der Waals surface area contributed by atoms with Crippen molar-refractivity contribution in [2.45, 2.75) is 45.8 Å². The Morgan fingerprint density at radius 2 is 2.17 bits per heavy atom. The maximum Gasteiger partial charge on any atom is 0.251 e. The number of amides is 1. The van der Waals surface area contributed by atoms with Crippen molar-refractivity contribution in [1.82, 2.24) is 16.0 Å². The first-order chi connectivity index (χ1) is 14.1. The van der Waals surface area contributed by atoms with E-state index in [0.717, 1.165) is 57.2 Å². The number of carbonyl (C=O) groups is 1. The Bertz CT molecular complexity index is 643. The molecule has 1 unspecified atom stereocenters. The van der Waals surface area contributed by atoms with Crippen LogP contribution in [0.1, 0.15) is 49.0 Å². The minimum absolute atomic E-state index is 0.0637. The van der Waals surface area contributed by atoms with Gasteiger partial charge in [0, 0.05) is 52.1 Å². The summed E-state index contributed by atoms with van der Waals surface area (Å²) in [6, 6.07) is 7.64. The molecule has 1 aromatic carbocycles. The lowest BCUT2D eigenvalue weighted by atomic mass is 10.1. The van der Waals surface area contributed by atoms with E-state index in [4.69, 9.17) is 9.47 Å². The van der Waals surface area contributed by atoms with E-state index in [2.05, 4.69) is 34.8 Å². The van der Waals surface area contributed by atoms with E-state index in [1.54, 1.807) is 7.05 Å². The molecular formula is C22H36N4O3. The van der Waals surface area contributed by atoms with Crippen molar-refractivity contribution in [3.05, 3.63) is 35.4 Å². The summed E-state index contributed by atoms with van der Waals surface area (Å²) in [5.74, 6) is 1.24. The summed E-state index contributed by atoms with van der Waals surface area (Å²) in [4.78, 5) is 16.6. The molecule has 1 aliphatic rings. The lowest BCUT2D eigenvalue weighted by molar-refractivity contribution is 0.0857. The van der Waals surface area contributed by atoms with Gasteiger partial charge in [0.15, 0.2) is 5.96 Å². The Balaban J connectivity index is 1.70. The van der Waals surface area contributed by atoms with Gasteiger partial charge < -0.3 is 25.4 Å². The molecule has 1 amide bonds. The first-order valence-electron chi connectivity index (χ1n) is 10.6. The van der Waals surface area contributed by atoms with Gasteiger partial charge in [0.1, 0.15) is 0 Å². The smallest absolute Gasteiger partial charge is 0.251 e. The quantitative estimate of drug-likeness (QED) is 0.299. The molecule has 0 radical (unpaired) electrons. The molecule has 1 aliphatic heterocycles. The van der Waals surface area contributed by atoms with Crippen molar-refractivity contribution in [3.63, 3.8) is 0 Å². The van der Waals surface area contributed by atoms with Crippen LogP contribution < -0.4 is 16.0 Å². The topological polar surface area (TPSA) is 84.0 Å².